The summed E-state index contributed by atoms with van der Waals surface area (Å²) in [5.74, 6) is 0.420. The lowest BCUT2D eigenvalue weighted by Gasteiger charge is -2.33. The van der Waals surface area contributed by atoms with E-state index in [2.05, 4.69) is 189 Å². The molecule has 0 saturated heterocycles. The summed E-state index contributed by atoms with van der Waals surface area (Å²) in [5.41, 5.74) is 15.1. The molecule has 0 unspecified atom stereocenters. The Morgan fingerprint density at radius 1 is 0.473 bits per heavy atom. The van der Waals surface area contributed by atoms with Crippen LogP contribution in [0.1, 0.15) is 53.1 Å². The van der Waals surface area contributed by atoms with Crippen molar-refractivity contribution in [2.45, 2.75) is 25.2 Å². The van der Waals surface area contributed by atoms with Gasteiger partial charge in [0.2, 0.25) is 0 Å². The zero-order chi connectivity index (χ0) is 36.8. The molecule has 258 valence electrons. The Kier molecular flexibility index (Phi) is 6.76. The monoisotopic (exact) mass is 700 g/mol. The van der Waals surface area contributed by atoms with Crippen LogP contribution in [0.2, 0.25) is 0 Å². The molecule has 0 saturated carbocycles. The van der Waals surface area contributed by atoms with E-state index in [1.54, 1.807) is 0 Å². The molecule has 2 aliphatic carbocycles. The zero-order valence-corrected chi connectivity index (χ0v) is 30.7. The van der Waals surface area contributed by atoms with Gasteiger partial charge in [0, 0.05) is 16.8 Å². The molecule has 11 rings (SSSR count). The molecule has 2 heteroatoms. The third-order valence-corrected chi connectivity index (χ3v) is 12.3. The molecule has 1 spiro atoms. The summed E-state index contributed by atoms with van der Waals surface area (Å²) in [6.07, 6.45) is 0. The Hall–Kier alpha value is -6.95. The van der Waals surface area contributed by atoms with Gasteiger partial charge in [0.25, 0.3) is 0 Å². The molecule has 0 heterocycles. The van der Waals surface area contributed by atoms with Gasteiger partial charge in [0.15, 0.2) is 0 Å². The number of fused-ring (bicyclic) bond motifs is 17. The quantitative estimate of drug-likeness (QED) is 0.171. The molecular weight excluding hydrogens is 665 g/mol. The largest absolute Gasteiger partial charge is 0.310 e. The van der Waals surface area contributed by atoms with Gasteiger partial charge in [-0.05, 0) is 125 Å². The van der Waals surface area contributed by atoms with E-state index in [1.807, 2.05) is 12.1 Å². The number of nitrogens with zero attached hydrogens (tertiary/aromatic N) is 2. The molecule has 0 atom stereocenters. The van der Waals surface area contributed by atoms with Crippen LogP contribution in [-0.4, -0.2) is 0 Å². The number of rotatable bonds is 4. The number of nitriles is 1. The van der Waals surface area contributed by atoms with Crippen LogP contribution in [0.3, 0.4) is 0 Å². The van der Waals surface area contributed by atoms with Crippen LogP contribution in [0.4, 0.5) is 17.1 Å². The first-order chi connectivity index (χ1) is 27.1. The van der Waals surface area contributed by atoms with Crippen LogP contribution in [-0.2, 0) is 5.41 Å². The molecule has 0 N–H and O–H groups in total. The maximum absolute atomic E-state index is 9.78. The maximum atomic E-state index is 9.78. The van der Waals surface area contributed by atoms with E-state index >= 15 is 0 Å². The van der Waals surface area contributed by atoms with Gasteiger partial charge in [-0.3, -0.25) is 0 Å². The van der Waals surface area contributed by atoms with Crippen molar-refractivity contribution in [3.05, 3.63) is 209 Å². The second-order valence-electron chi connectivity index (χ2n) is 15.3. The summed E-state index contributed by atoms with van der Waals surface area (Å²) in [4.78, 5) is 2.40. The summed E-state index contributed by atoms with van der Waals surface area (Å²) < 4.78 is 0. The number of hydrogen-bond acceptors (Lipinski definition) is 2. The number of anilines is 3. The number of benzene rings is 9. The predicted molar refractivity (Wildman–Crippen MR) is 229 cm³/mol. The van der Waals surface area contributed by atoms with Gasteiger partial charge in [-0.1, -0.05) is 147 Å². The van der Waals surface area contributed by atoms with Crippen molar-refractivity contribution in [1.82, 2.24) is 0 Å². The average molecular weight is 701 g/mol. The highest BCUT2D eigenvalue weighted by atomic mass is 15.1. The zero-order valence-electron chi connectivity index (χ0n) is 30.7. The Labute approximate surface area is 321 Å². The minimum atomic E-state index is -0.571. The van der Waals surface area contributed by atoms with Crippen molar-refractivity contribution in [2.24, 2.45) is 0 Å². The Morgan fingerprint density at radius 3 is 1.53 bits per heavy atom. The van der Waals surface area contributed by atoms with Crippen LogP contribution in [0.5, 0.6) is 0 Å². The second-order valence-corrected chi connectivity index (χ2v) is 15.3. The van der Waals surface area contributed by atoms with E-state index in [0.717, 1.165) is 17.1 Å². The summed E-state index contributed by atoms with van der Waals surface area (Å²) in [7, 11) is 0. The maximum Gasteiger partial charge on any atom is 0.0991 e. The first-order valence-corrected chi connectivity index (χ1v) is 19.2. The smallest absolute Gasteiger partial charge is 0.0991 e. The van der Waals surface area contributed by atoms with Crippen molar-refractivity contribution in [2.75, 3.05) is 4.90 Å². The van der Waals surface area contributed by atoms with Gasteiger partial charge in [0.1, 0.15) is 0 Å². The molecule has 2 nitrogen and oxygen atoms in total. The molecule has 9 aromatic carbocycles. The fourth-order valence-electron chi connectivity index (χ4n) is 9.95. The molecule has 0 fully saturated rings. The first kappa shape index (κ1) is 31.6. The molecule has 0 aromatic heterocycles. The minimum absolute atomic E-state index is 0.420. The summed E-state index contributed by atoms with van der Waals surface area (Å²) in [5, 5.41) is 17.3. The van der Waals surface area contributed by atoms with E-state index in [9.17, 15) is 5.26 Å². The Bertz CT molecular complexity index is 3030. The summed E-state index contributed by atoms with van der Waals surface area (Å²) in [6.45, 7) is 4.48. The Morgan fingerprint density at radius 2 is 0.945 bits per heavy atom. The van der Waals surface area contributed by atoms with Gasteiger partial charge in [-0.15, -0.1) is 0 Å². The van der Waals surface area contributed by atoms with Crippen molar-refractivity contribution in [3.63, 3.8) is 0 Å². The van der Waals surface area contributed by atoms with E-state index in [1.165, 1.54) is 82.4 Å². The molecular formula is C53H36N2. The van der Waals surface area contributed by atoms with E-state index in [-0.39, 0.29) is 0 Å². The van der Waals surface area contributed by atoms with Crippen molar-refractivity contribution < 1.29 is 0 Å². The summed E-state index contributed by atoms with van der Waals surface area (Å²) in [6, 6.07) is 67.1. The topological polar surface area (TPSA) is 27.0 Å². The van der Waals surface area contributed by atoms with Gasteiger partial charge >= 0.3 is 0 Å². The van der Waals surface area contributed by atoms with E-state index in [4.69, 9.17) is 0 Å². The third kappa shape index (κ3) is 4.24. The molecule has 0 radical (unpaired) electrons. The SMILES string of the molecule is CC(C)c1ccc(N(c2ccc(C#N)cc2)c2cc3c(c4ccccc24)-c2c(c4ccccc4c4ccccc24)C32c3ccccc3-c3ccccc32)cc1. The highest BCUT2D eigenvalue weighted by Crippen LogP contribution is 2.67. The number of hydrogen-bond donors (Lipinski definition) is 0. The van der Waals surface area contributed by atoms with Crippen LogP contribution >= 0.6 is 0 Å². The van der Waals surface area contributed by atoms with E-state index in [0.29, 0.717) is 11.5 Å². The second kappa shape index (κ2) is 11.8. The fraction of sp³-hybridized carbons (Fsp3) is 0.0755. The van der Waals surface area contributed by atoms with Gasteiger partial charge in [-0.2, -0.15) is 5.26 Å². The van der Waals surface area contributed by atoms with Gasteiger partial charge < -0.3 is 4.90 Å². The molecule has 0 bridgehead atoms. The van der Waals surface area contributed by atoms with Crippen molar-refractivity contribution in [3.8, 4) is 28.3 Å². The fourth-order valence-corrected chi connectivity index (χ4v) is 9.95. The van der Waals surface area contributed by atoms with Crippen molar-refractivity contribution in [1.29, 1.82) is 5.26 Å². The Balaban J connectivity index is 1.35. The van der Waals surface area contributed by atoms with Crippen LogP contribution in [0.15, 0.2) is 176 Å². The van der Waals surface area contributed by atoms with Crippen LogP contribution in [0, 0.1) is 11.3 Å². The minimum Gasteiger partial charge on any atom is -0.310 e. The third-order valence-electron chi connectivity index (χ3n) is 12.3. The first-order valence-electron chi connectivity index (χ1n) is 19.2. The van der Waals surface area contributed by atoms with E-state index < -0.39 is 5.41 Å². The predicted octanol–water partition coefficient (Wildman–Crippen LogP) is 14.0. The van der Waals surface area contributed by atoms with Crippen LogP contribution in [0.25, 0.3) is 54.6 Å². The lowest BCUT2D eigenvalue weighted by molar-refractivity contribution is 0.802. The van der Waals surface area contributed by atoms with Crippen LogP contribution < -0.4 is 4.90 Å². The standard InChI is InChI=1S/C53H36N2/c1-33(2)35-25-29-37(30-26-35)55(36-27-23-34(32-54)24-28-36)49-31-48-50(44-19-7-5-17-42(44)49)51-43-18-6-3-13-38(43)39-14-4-8-20-45(39)52(51)53(48)46-21-11-9-15-40(46)41-16-10-12-22-47(41)53/h3-31,33H,1-2H3. The highest BCUT2D eigenvalue weighted by molar-refractivity contribution is 6.24. The van der Waals surface area contributed by atoms with Gasteiger partial charge in [0.05, 0.1) is 22.7 Å². The lowest BCUT2D eigenvalue weighted by atomic mass is 9.69. The molecule has 2 aliphatic rings. The summed E-state index contributed by atoms with van der Waals surface area (Å²) >= 11 is 0. The average Bonchev–Trinajstić information content (AvgIpc) is 3.72. The van der Waals surface area contributed by atoms with Gasteiger partial charge in [-0.25, -0.2) is 0 Å². The molecule has 0 aliphatic heterocycles. The van der Waals surface area contributed by atoms with Crippen molar-refractivity contribution >= 4 is 49.4 Å². The molecule has 55 heavy (non-hydrogen) atoms. The highest BCUT2D eigenvalue weighted by Gasteiger charge is 2.53. The molecule has 9 aromatic rings. The lowest BCUT2D eigenvalue weighted by Crippen LogP contribution is -2.26. The molecule has 0 amide bonds. The normalized spacial score (nSPS) is 13.2.